The van der Waals surface area contributed by atoms with Crippen LogP contribution in [-0.4, -0.2) is 5.11 Å². The lowest BCUT2D eigenvalue weighted by molar-refractivity contribution is 0.475. The van der Waals surface area contributed by atoms with Gasteiger partial charge in [-0.15, -0.1) is 0 Å². The second kappa shape index (κ2) is 8.95. The van der Waals surface area contributed by atoms with E-state index in [-0.39, 0.29) is 5.16 Å². The van der Waals surface area contributed by atoms with Crippen LogP contribution in [0.15, 0.2) is 115 Å². The highest BCUT2D eigenvalue weighted by molar-refractivity contribution is 9.39. The molecule has 0 aromatic heterocycles. The molecule has 0 spiro atoms. The molecule has 0 radical (unpaired) electrons. The molecule has 0 aliphatic heterocycles. The molecule has 1 nitrogen and oxygen atoms in total. The fraction of sp³-hybridized carbons (Fsp3) is 0.0769. The van der Waals surface area contributed by atoms with Crippen LogP contribution in [0.5, 0.6) is 5.75 Å². The highest BCUT2D eigenvalue weighted by atomic mass is 79.9. The summed E-state index contributed by atoms with van der Waals surface area (Å²) >= 11 is 4.17. The number of benzene rings is 4. The lowest BCUT2D eigenvalue weighted by atomic mass is 9.84. The number of rotatable bonds is 6. The first kappa shape index (κ1) is 19.9. The number of hydrogen-bond acceptors (Lipinski definition) is 1. The Kier molecular flexibility index (Phi) is 6.13. The third-order valence-electron chi connectivity index (χ3n) is 5.20. The summed E-state index contributed by atoms with van der Waals surface area (Å²) in [7, 11) is 0. The zero-order chi connectivity index (χ0) is 20.1. The zero-order valence-corrected chi connectivity index (χ0v) is 18.4. The second-order valence-corrected chi connectivity index (χ2v) is 11.3. The predicted octanol–water partition coefficient (Wildman–Crippen LogP) is 7.68. The highest BCUT2D eigenvalue weighted by Gasteiger charge is 2.42. The van der Waals surface area contributed by atoms with E-state index < -0.39 is 6.62 Å². The smallest absolute Gasteiger partial charge is 0.115 e. The van der Waals surface area contributed by atoms with E-state index in [1.54, 1.807) is 12.1 Å². The van der Waals surface area contributed by atoms with Crippen molar-refractivity contribution in [2.75, 3.05) is 0 Å². The minimum absolute atomic E-state index is 0.295. The lowest BCUT2D eigenvalue weighted by Gasteiger charge is -2.40. The fourth-order valence-electron chi connectivity index (χ4n) is 3.84. The predicted molar refractivity (Wildman–Crippen MR) is 127 cm³/mol. The monoisotopic (exact) mass is 460 g/mol. The number of halogens is 1. The standard InChI is InChI=1S/C26H22BrOP/c27-29(20-21-16-18-25(28)19-17-21)26(22-10-4-1-5-11-22,23-12-6-2-7-13-23)24-14-8-3-9-15-24/h1-19,28H,20H2. The average Bonchev–Trinajstić information content (AvgIpc) is 2.78. The average molecular weight is 461 g/mol. The molecule has 0 saturated heterocycles. The Morgan fingerprint density at radius 3 is 1.34 bits per heavy atom. The Morgan fingerprint density at radius 1 is 0.586 bits per heavy atom. The SMILES string of the molecule is Oc1ccc(CP(Br)C(c2ccccc2)(c2ccccc2)c2ccccc2)cc1. The summed E-state index contributed by atoms with van der Waals surface area (Å²) in [6, 6.07) is 39.8. The minimum Gasteiger partial charge on any atom is -0.508 e. The Bertz CT molecular complexity index is 938. The van der Waals surface area contributed by atoms with E-state index in [0.717, 1.165) is 6.16 Å². The zero-order valence-electron chi connectivity index (χ0n) is 15.9. The van der Waals surface area contributed by atoms with Crippen molar-refractivity contribution in [1.82, 2.24) is 0 Å². The fourth-order valence-corrected chi connectivity index (χ4v) is 8.61. The van der Waals surface area contributed by atoms with Gasteiger partial charge in [0.15, 0.2) is 0 Å². The van der Waals surface area contributed by atoms with Crippen LogP contribution in [0.1, 0.15) is 22.3 Å². The molecule has 3 heteroatoms. The van der Waals surface area contributed by atoms with Gasteiger partial charge in [-0.05, 0) is 41.0 Å². The van der Waals surface area contributed by atoms with Crippen molar-refractivity contribution in [2.24, 2.45) is 0 Å². The van der Waals surface area contributed by atoms with Gasteiger partial charge >= 0.3 is 0 Å². The molecular weight excluding hydrogens is 439 g/mol. The minimum atomic E-state index is -0.712. The molecule has 0 aliphatic rings. The van der Waals surface area contributed by atoms with Gasteiger partial charge in [-0.25, -0.2) is 0 Å². The van der Waals surface area contributed by atoms with Crippen LogP contribution in [0, 0.1) is 0 Å². The van der Waals surface area contributed by atoms with Crippen LogP contribution >= 0.6 is 22.1 Å². The molecule has 144 valence electrons. The summed E-state index contributed by atoms with van der Waals surface area (Å²) in [5.41, 5.74) is 5.04. The summed E-state index contributed by atoms with van der Waals surface area (Å²) in [6.07, 6.45) is 0.883. The quantitative estimate of drug-likeness (QED) is 0.231. The molecule has 4 aromatic carbocycles. The molecule has 4 aromatic rings. The number of aromatic hydroxyl groups is 1. The lowest BCUT2D eigenvalue weighted by Crippen LogP contribution is -2.26. The first-order valence-electron chi connectivity index (χ1n) is 9.59. The summed E-state index contributed by atoms with van der Waals surface area (Å²) in [6.45, 7) is -0.712. The van der Waals surface area contributed by atoms with Crippen molar-refractivity contribution in [3.05, 3.63) is 138 Å². The number of hydrogen-bond donors (Lipinski definition) is 1. The maximum absolute atomic E-state index is 9.68. The van der Waals surface area contributed by atoms with Crippen LogP contribution in [0.3, 0.4) is 0 Å². The molecule has 0 bridgehead atoms. The van der Waals surface area contributed by atoms with Crippen LogP contribution in [-0.2, 0) is 11.3 Å². The first-order chi connectivity index (χ1) is 14.2. The van der Waals surface area contributed by atoms with Gasteiger partial charge in [0.2, 0.25) is 0 Å². The van der Waals surface area contributed by atoms with Crippen LogP contribution in [0.2, 0.25) is 0 Å². The van der Waals surface area contributed by atoms with Gasteiger partial charge in [0.05, 0.1) is 5.16 Å². The van der Waals surface area contributed by atoms with Crippen molar-refractivity contribution < 1.29 is 5.11 Å². The van der Waals surface area contributed by atoms with E-state index in [2.05, 4.69) is 106 Å². The summed E-state index contributed by atoms with van der Waals surface area (Å²) in [4.78, 5) is 0. The van der Waals surface area contributed by atoms with Gasteiger partial charge in [-0.1, -0.05) is 119 Å². The molecular formula is C26H22BrOP. The largest absolute Gasteiger partial charge is 0.508 e. The molecule has 0 saturated carbocycles. The van der Waals surface area contributed by atoms with Crippen molar-refractivity contribution in [3.8, 4) is 5.75 Å². The maximum atomic E-state index is 9.68. The van der Waals surface area contributed by atoms with Crippen molar-refractivity contribution in [3.63, 3.8) is 0 Å². The number of phenolic OH excluding ortho intramolecular Hbond substituents is 1. The summed E-state index contributed by atoms with van der Waals surface area (Å²) in [5.74, 6) is 0.299. The van der Waals surface area contributed by atoms with Gasteiger partial charge < -0.3 is 5.11 Å². The van der Waals surface area contributed by atoms with Gasteiger partial charge in [-0.2, -0.15) is 0 Å². The molecule has 29 heavy (non-hydrogen) atoms. The molecule has 0 aliphatic carbocycles. The van der Waals surface area contributed by atoms with E-state index in [1.165, 1.54) is 22.3 Å². The maximum Gasteiger partial charge on any atom is 0.115 e. The Morgan fingerprint density at radius 2 is 0.966 bits per heavy atom. The van der Waals surface area contributed by atoms with E-state index >= 15 is 0 Å². The van der Waals surface area contributed by atoms with Gasteiger partial charge in [0, 0.05) is 6.16 Å². The van der Waals surface area contributed by atoms with Crippen molar-refractivity contribution in [2.45, 2.75) is 11.3 Å². The number of phenols is 1. The molecule has 0 amide bonds. The van der Waals surface area contributed by atoms with E-state index in [4.69, 9.17) is 0 Å². The van der Waals surface area contributed by atoms with E-state index in [1.807, 2.05) is 12.1 Å². The third kappa shape index (κ3) is 4.01. The van der Waals surface area contributed by atoms with E-state index in [0.29, 0.717) is 5.75 Å². The van der Waals surface area contributed by atoms with Gasteiger partial charge in [0.1, 0.15) is 5.75 Å². The van der Waals surface area contributed by atoms with E-state index in [9.17, 15) is 5.11 Å². The first-order valence-corrected chi connectivity index (χ1v) is 13.1. The normalized spacial score (nSPS) is 12.4. The Balaban J connectivity index is 1.93. The van der Waals surface area contributed by atoms with Crippen LogP contribution in [0.25, 0.3) is 0 Å². The van der Waals surface area contributed by atoms with Crippen molar-refractivity contribution >= 4 is 22.1 Å². The van der Waals surface area contributed by atoms with Crippen molar-refractivity contribution in [1.29, 1.82) is 0 Å². The summed E-state index contributed by atoms with van der Waals surface area (Å²) < 4.78 is 0. The second-order valence-electron chi connectivity index (χ2n) is 7.00. The Hall–Kier alpha value is -2.41. The molecule has 1 unspecified atom stereocenters. The topological polar surface area (TPSA) is 20.2 Å². The molecule has 4 rings (SSSR count). The summed E-state index contributed by atoms with van der Waals surface area (Å²) in [5, 5.41) is 9.38. The highest BCUT2D eigenvalue weighted by Crippen LogP contribution is 2.69. The third-order valence-corrected chi connectivity index (χ3v) is 9.69. The van der Waals surface area contributed by atoms with Gasteiger partial charge in [-0.3, -0.25) is 0 Å². The van der Waals surface area contributed by atoms with Crippen LogP contribution < -0.4 is 0 Å². The molecule has 0 fully saturated rings. The molecule has 1 atom stereocenters. The van der Waals surface area contributed by atoms with Gasteiger partial charge in [0.25, 0.3) is 0 Å². The molecule has 0 heterocycles. The van der Waals surface area contributed by atoms with Crippen LogP contribution in [0.4, 0.5) is 0 Å². The Labute approximate surface area is 181 Å². The molecule has 1 N–H and O–H groups in total.